The molecule has 1 aromatic carbocycles. The number of nitrogens with two attached hydrogens (primary N) is 1. The first-order valence-corrected chi connectivity index (χ1v) is 4.75. The molecule has 0 radical (unpaired) electrons. The molecule has 1 rings (SSSR count). The first kappa shape index (κ1) is 13.2. The first-order chi connectivity index (χ1) is 7.95. The van der Waals surface area contributed by atoms with E-state index in [0.29, 0.717) is 0 Å². The van der Waals surface area contributed by atoms with E-state index in [4.69, 9.17) is 5.73 Å². The van der Waals surface area contributed by atoms with Gasteiger partial charge in [0.1, 0.15) is 0 Å². The molecular weight excluding hydrogens is 232 g/mol. The molecule has 0 fully saturated rings. The van der Waals surface area contributed by atoms with Crippen LogP contribution in [0.3, 0.4) is 0 Å². The molecule has 6 heteroatoms. The van der Waals surface area contributed by atoms with Gasteiger partial charge in [-0.2, -0.15) is 0 Å². The number of methoxy groups -OCH3 is 1. The van der Waals surface area contributed by atoms with Crippen molar-refractivity contribution in [3.63, 3.8) is 0 Å². The van der Waals surface area contributed by atoms with Crippen molar-refractivity contribution < 1.29 is 23.1 Å². The van der Waals surface area contributed by atoms with Gasteiger partial charge in [-0.25, -0.2) is 13.6 Å². The Bertz CT molecular complexity index is 448. The lowest BCUT2D eigenvalue weighted by molar-refractivity contribution is -0.145. The lowest BCUT2D eigenvalue weighted by Crippen LogP contribution is -2.40. The summed E-state index contributed by atoms with van der Waals surface area (Å²) in [6.45, 7) is 0. The Hall–Kier alpha value is -1.82. The van der Waals surface area contributed by atoms with Gasteiger partial charge in [0.2, 0.25) is 0 Å². The molecule has 1 unspecified atom stereocenters. The maximum Gasteiger partial charge on any atom is 0.330 e. The molecule has 2 N–H and O–H groups in total. The van der Waals surface area contributed by atoms with Crippen molar-refractivity contribution in [1.82, 2.24) is 0 Å². The van der Waals surface area contributed by atoms with E-state index in [9.17, 15) is 18.4 Å². The van der Waals surface area contributed by atoms with E-state index in [0.717, 1.165) is 19.2 Å². The predicted molar refractivity (Wildman–Crippen MR) is 55.1 cm³/mol. The van der Waals surface area contributed by atoms with Crippen molar-refractivity contribution in [2.75, 3.05) is 7.11 Å². The summed E-state index contributed by atoms with van der Waals surface area (Å²) in [5.41, 5.74) is 5.54. The summed E-state index contributed by atoms with van der Waals surface area (Å²) in [7, 11) is 1.10. The molecule has 0 bridgehead atoms. The SMILES string of the molecule is COC(=O)C(N)C(=O)Cc1ccc(F)c(F)c1. The van der Waals surface area contributed by atoms with E-state index in [1.165, 1.54) is 6.07 Å². The molecule has 0 saturated carbocycles. The normalized spacial score (nSPS) is 12.0. The molecule has 0 spiro atoms. The highest BCUT2D eigenvalue weighted by Crippen LogP contribution is 2.10. The molecular formula is C11H11F2NO3. The number of ether oxygens (including phenoxy) is 1. The van der Waals surface area contributed by atoms with Crippen molar-refractivity contribution in [2.45, 2.75) is 12.5 Å². The number of benzene rings is 1. The number of hydrogen-bond acceptors (Lipinski definition) is 4. The van der Waals surface area contributed by atoms with Gasteiger partial charge in [0.25, 0.3) is 0 Å². The summed E-state index contributed by atoms with van der Waals surface area (Å²) in [4.78, 5) is 22.4. The highest BCUT2D eigenvalue weighted by molar-refractivity contribution is 6.03. The largest absolute Gasteiger partial charge is 0.468 e. The number of esters is 1. The van der Waals surface area contributed by atoms with Crippen LogP contribution < -0.4 is 5.73 Å². The lowest BCUT2D eigenvalue weighted by Gasteiger charge is -2.08. The van der Waals surface area contributed by atoms with Crippen LogP contribution >= 0.6 is 0 Å². The van der Waals surface area contributed by atoms with Crippen LogP contribution in [0.4, 0.5) is 8.78 Å². The van der Waals surface area contributed by atoms with Crippen molar-refractivity contribution in [1.29, 1.82) is 0 Å². The molecule has 1 atom stereocenters. The van der Waals surface area contributed by atoms with Gasteiger partial charge in [-0.3, -0.25) is 4.79 Å². The van der Waals surface area contributed by atoms with Gasteiger partial charge < -0.3 is 10.5 Å². The maximum absolute atomic E-state index is 12.8. The Balaban J connectivity index is 2.74. The van der Waals surface area contributed by atoms with Gasteiger partial charge in [-0.15, -0.1) is 0 Å². The fourth-order valence-corrected chi connectivity index (χ4v) is 1.22. The van der Waals surface area contributed by atoms with E-state index in [2.05, 4.69) is 4.74 Å². The van der Waals surface area contributed by atoms with Crippen LogP contribution in [0.1, 0.15) is 5.56 Å². The second kappa shape index (κ2) is 5.49. The van der Waals surface area contributed by atoms with E-state index >= 15 is 0 Å². The minimum atomic E-state index is -1.41. The third-order valence-electron chi connectivity index (χ3n) is 2.16. The van der Waals surface area contributed by atoms with Crippen molar-refractivity contribution >= 4 is 11.8 Å². The van der Waals surface area contributed by atoms with E-state index in [1.807, 2.05) is 0 Å². The molecule has 4 nitrogen and oxygen atoms in total. The average Bonchev–Trinajstić information content (AvgIpc) is 2.31. The maximum atomic E-state index is 12.8. The number of rotatable bonds is 4. The number of hydrogen-bond donors (Lipinski definition) is 1. The molecule has 0 amide bonds. The van der Waals surface area contributed by atoms with Gasteiger partial charge in [0, 0.05) is 6.42 Å². The molecule has 0 saturated heterocycles. The Morgan fingerprint density at radius 2 is 2.00 bits per heavy atom. The minimum absolute atomic E-state index is 0.244. The zero-order valence-electron chi connectivity index (χ0n) is 9.07. The van der Waals surface area contributed by atoms with Crippen LogP contribution in [0.2, 0.25) is 0 Å². The van der Waals surface area contributed by atoms with Crippen LogP contribution in [0.25, 0.3) is 0 Å². The van der Waals surface area contributed by atoms with Crippen molar-refractivity contribution in [3.05, 3.63) is 35.4 Å². The van der Waals surface area contributed by atoms with Gasteiger partial charge in [-0.05, 0) is 17.7 Å². The molecule has 1 aromatic rings. The minimum Gasteiger partial charge on any atom is -0.468 e. The standard InChI is InChI=1S/C11H11F2NO3/c1-17-11(16)10(14)9(15)5-6-2-3-7(12)8(13)4-6/h2-4,10H,5,14H2,1H3. The molecule has 0 aliphatic carbocycles. The van der Waals surface area contributed by atoms with Crippen LogP contribution in [0.5, 0.6) is 0 Å². The summed E-state index contributed by atoms with van der Waals surface area (Å²) in [6, 6.07) is 1.63. The molecule has 92 valence electrons. The quantitative estimate of drug-likeness (QED) is 0.620. The average molecular weight is 243 g/mol. The van der Waals surface area contributed by atoms with Crippen molar-refractivity contribution in [3.8, 4) is 0 Å². The van der Waals surface area contributed by atoms with Crippen LogP contribution in [-0.4, -0.2) is 24.9 Å². The first-order valence-electron chi connectivity index (χ1n) is 4.75. The van der Waals surface area contributed by atoms with E-state index in [1.54, 1.807) is 0 Å². The molecule has 0 heterocycles. The Labute approximate surface area is 96.4 Å². The molecule has 0 aliphatic rings. The number of carbonyl (C=O) groups excluding carboxylic acids is 2. The number of carbonyl (C=O) groups is 2. The van der Waals surface area contributed by atoms with Gasteiger partial charge in [0.05, 0.1) is 7.11 Å². The zero-order chi connectivity index (χ0) is 13.0. The summed E-state index contributed by atoms with van der Waals surface area (Å²) in [6.07, 6.45) is -0.256. The topological polar surface area (TPSA) is 69.4 Å². The lowest BCUT2D eigenvalue weighted by atomic mass is 10.0. The number of halogens is 2. The highest BCUT2D eigenvalue weighted by atomic mass is 19.2. The van der Waals surface area contributed by atoms with E-state index in [-0.39, 0.29) is 12.0 Å². The highest BCUT2D eigenvalue weighted by Gasteiger charge is 2.22. The summed E-state index contributed by atoms with van der Waals surface area (Å²) < 4.78 is 29.8. The fourth-order valence-electron chi connectivity index (χ4n) is 1.22. The summed E-state index contributed by atoms with van der Waals surface area (Å²) in [5.74, 6) is -3.54. The Kier molecular flexibility index (Phi) is 4.28. The van der Waals surface area contributed by atoms with Gasteiger partial charge in [-0.1, -0.05) is 6.07 Å². The monoisotopic (exact) mass is 243 g/mol. The summed E-state index contributed by atoms with van der Waals surface area (Å²) in [5, 5.41) is 0. The summed E-state index contributed by atoms with van der Waals surface area (Å²) >= 11 is 0. The van der Waals surface area contributed by atoms with Crippen molar-refractivity contribution in [2.24, 2.45) is 5.73 Å². The molecule has 0 aliphatic heterocycles. The smallest absolute Gasteiger partial charge is 0.330 e. The van der Waals surface area contributed by atoms with Crippen LogP contribution in [0.15, 0.2) is 18.2 Å². The molecule has 0 aromatic heterocycles. The Morgan fingerprint density at radius 1 is 1.35 bits per heavy atom. The van der Waals surface area contributed by atoms with Crippen LogP contribution in [0, 0.1) is 11.6 Å². The van der Waals surface area contributed by atoms with Gasteiger partial charge >= 0.3 is 5.97 Å². The zero-order valence-corrected chi connectivity index (χ0v) is 9.07. The third-order valence-corrected chi connectivity index (χ3v) is 2.16. The number of Topliss-reactive ketones (excluding diaryl/α,β-unsaturated/α-hetero) is 1. The van der Waals surface area contributed by atoms with Crippen LogP contribution in [-0.2, 0) is 20.7 Å². The predicted octanol–water partition coefficient (Wildman–Crippen LogP) is 0.577. The Morgan fingerprint density at radius 3 is 2.53 bits per heavy atom. The second-order valence-electron chi connectivity index (χ2n) is 3.39. The van der Waals surface area contributed by atoms with E-state index < -0.39 is 29.4 Å². The second-order valence-corrected chi connectivity index (χ2v) is 3.39. The number of ketones is 1. The van der Waals surface area contributed by atoms with Gasteiger partial charge in [0.15, 0.2) is 23.5 Å². The molecule has 17 heavy (non-hydrogen) atoms. The third kappa shape index (κ3) is 3.32. The fraction of sp³-hybridized carbons (Fsp3) is 0.273.